The number of carbonyl (C=O) groups is 1. The van der Waals surface area contributed by atoms with Gasteiger partial charge in [-0.25, -0.2) is 4.98 Å². The second kappa shape index (κ2) is 9.18. The normalized spacial score (nSPS) is 18.5. The Morgan fingerprint density at radius 1 is 1.12 bits per heavy atom. The summed E-state index contributed by atoms with van der Waals surface area (Å²) < 4.78 is 0. The monoisotopic (exact) mass is 443 g/mol. The van der Waals surface area contributed by atoms with Gasteiger partial charge in [-0.3, -0.25) is 9.78 Å². The van der Waals surface area contributed by atoms with Crippen LogP contribution in [0.3, 0.4) is 0 Å². The number of aromatic nitrogens is 2. The van der Waals surface area contributed by atoms with Crippen LogP contribution in [0, 0.1) is 0 Å². The Bertz CT molecular complexity index is 1220. The van der Waals surface area contributed by atoms with E-state index in [4.69, 9.17) is 0 Å². The lowest BCUT2D eigenvalue weighted by molar-refractivity contribution is 0.0714. The summed E-state index contributed by atoms with van der Waals surface area (Å²) in [6, 6.07) is 15.8. The van der Waals surface area contributed by atoms with Crippen molar-refractivity contribution >= 4 is 28.1 Å². The summed E-state index contributed by atoms with van der Waals surface area (Å²) in [5.41, 5.74) is 5.38. The van der Waals surface area contributed by atoms with Crippen molar-refractivity contribution in [3.05, 3.63) is 82.3 Å². The number of nitrogens with zero attached hydrogens (tertiary/aromatic N) is 2. The van der Waals surface area contributed by atoms with E-state index in [2.05, 4.69) is 32.8 Å². The van der Waals surface area contributed by atoms with Crippen LogP contribution in [0.2, 0.25) is 0 Å². The highest BCUT2D eigenvalue weighted by Gasteiger charge is 2.25. The molecule has 162 valence electrons. The predicted octanol–water partition coefficient (Wildman–Crippen LogP) is 4.98. The third kappa shape index (κ3) is 4.42. The van der Waals surface area contributed by atoms with Crippen LogP contribution in [-0.4, -0.2) is 33.1 Å². The van der Waals surface area contributed by atoms with Gasteiger partial charge in [0.25, 0.3) is 5.91 Å². The summed E-state index contributed by atoms with van der Waals surface area (Å²) in [6.07, 6.45) is 5.64. The maximum Gasteiger partial charge on any atom is 0.270 e. The van der Waals surface area contributed by atoms with Crippen LogP contribution in [-0.2, 0) is 6.42 Å². The van der Waals surface area contributed by atoms with E-state index in [9.17, 15) is 9.90 Å². The second-order valence-corrected chi connectivity index (χ2v) is 9.14. The molecule has 5 nitrogen and oxygen atoms in total. The molecule has 0 radical (unpaired) electrons. The Hall–Kier alpha value is -3.09. The topological polar surface area (TPSA) is 75.1 Å². The molecule has 0 unspecified atom stereocenters. The van der Waals surface area contributed by atoms with Gasteiger partial charge in [-0.15, -0.1) is 0 Å². The van der Waals surface area contributed by atoms with Gasteiger partial charge in [-0.1, -0.05) is 37.1 Å². The Kier molecular flexibility index (Phi) is 5.97. The van der Waals surface area contributed by atoms with Crippen LogP contribution >= 0.6 is 11.3 Å². The fourth-order valence-corrected chi connectivity index (χ4v) is 5.01. The van der Waals surface area contributed by atoms with Crippen molar-refractivity contribution in [2.24, 2.45) is 0 Å². The number of carbonyl (C=O) groups excluding carboxylic acids is 1. The zero-order chi connectivity index (χ0) is 21.9. The van der Waals surface area contributed by atoms with E-state index in [1.165, 1.54) is 0 Å². The minimum Gasteiger partial charge on any atom is -0.391 e. The van der Waals surface area contributed by atoms with E-state index in [1.807, 2.05) is 48.0 Å². The molecule has 0 spiro atoms. The van der Waals surface area contributed by atoms with Crippen molar-refractivity contribution in [1.82, 2.24) is 15.3 Å². The van der Waals surface area contributed by atoms with E-state index in [0.29, 0.717) is 12.1 Å². The number of hydrogen-bond acceptors (Lipinski definition) is 5. The van der Waals surface area contributed by atoms with Crippen molar-refractivity contribution in [2.75, 3.05) is 0 Å². The third-order valence-corrected chi connectivity index (χ3v) is 6.80. The van der Waals surface area contributed by atoms with Crippen LogP contribution in [0.1, 0.15) is 47.3 Å². The third-order valence-electron chi connectivity index (χ3n) is 6.12. The van der Waals surface area contributed by atoms with Crippen LogP contribution in [0.15, 0.2) is 65.5 Å². The molecule has 2 atom stereocenters. The lowest BCUT2D eigenvalue weighted by Crippen LogP contribution is -2.45. The molecular formula is C26H25N3O2S. The van der Waals surface area contributed by atoms with Crippen molar-refractivity contribution < 1.29 is 9.90 Å². The molecule has 4 aromatic rings. The summed E-state index contributed by atoms with van der Waals surface area (Å²) in [5.74, 6) is -0.228. The first-order valence-electron chi connectivity index (χ1n) is 11.0. The van der Waals surface area contributed by atoms with Gasteiger partial charge in [0, 0.05) is 22.5 Å². The van der Waals surface area contributed by atoms with Gasteiger partial charge in [0.05, 0.1) is 23.4 Å². The molecule has 0 aliphatic heterocycles. The SMILES string of the molecule is O=C(N[C@H]1CCCC[C@@H]1O)c1cc(Cc2ccc(-c3ccsc3)nc2)c2ccccc2n1. The van der Waals surface area contributed by atoms with Gasteiger partial charge in [-0.2, -0.15) is 11.3 Å². The Morgan fingerprint density at radius 3 is 2.78 bits per heavy atom. The van der Waals surface area contributed by atoms with Gasteiger partial charge >= 0.3 is 0 Å². The number of amides is 1. The molecule has 3 heterocycles. The van der Waals surface area contributed by atoms with E-state index >= 15 is 0 Å². The lowest BCUT2D eigenvalue weighted by Gasteiger charge is -2.28. The van der Waals surface area contributed by atoms with Crippen molar-refractivity contribution in [2.45, 2.75) is 44.2 Å². The van der Waals surface area contributed by atoms with Crippen molar-refractivity contribution in [3.8, 4) is 11.3 Å². The molecule has 5 rings (SSSR count). The molecule has 1 fully saturated rings. The van der Waals surface area contributed by atoms with E-state index in [-0.39, 0.29) is 11.9 Å². The second-order valence-electron chi connectivity index (χ2n) is 8.36. The molecule has 1 aromatic carbocycles. The maximum absolute atomic E-state index is 13.0. The Balaban J connectivity index is 1.42. The predicted molar refractivity (Wildman–Crippen MR) is 128 cm³/mol. The molecule has 1 aliphatic carbocycles. The smallest absolute Gasteiger partial charge is 0.270 e. The standard InChI is InChI=1S/C26H25N3O2S/c30-25-8-4-3-7-23(25)29-26(31)24-14-19(20-5-1-2-6-22(20)28-24)13-17-9-10-21(27-15-17)18-11-12-32-16-18/h1-2,5-6,9-12,14-16,23,25,30H,3-4,7-8,13H2,(H,29,31)/t23-,25-/m0/s1. The van der Waals surface area contributed by atoms with Gasteiger partial charge in [-0.05, 0) is 60.0 Å². The van der Waals surface area contributed by atoms with Crippen LogP contribution in [0.4, 0.5) is 0 Å². The summed E-state index contributed by atoms with van der Waals surface area (Å²) >= 11 is 1.66. The number of aliphatic hydroxyl groups excluding tert-OH is 1. The minimum atomic E-state index is -0.486. The van der Waals surface area contributed by atoms with E-state index in [0.717, 1.165) is 59.0 Å². The molecule has 0 saturated heterocycles. The average molecular weight is 444 g/mol. The molecule has 0 bridgehead atoms. The first-order chi connectivity index (χ1) is 15.7. The van der Waals surface area contributed by atoms with E-state index in [1.54, 1.807) is 11.3 Å². The van der Waals surface area contributed by atoms with Gasteiger partial charge in [0.2, 0.25) is 0 Å². The quantitative estimate of drug-likeness (QED) is 0.456. The van der Waals surface area contributed by atoms with Crippen LogP contribution < -0.4 is 5.32 Å². The van der Waals surface area contributed by atoms with Crippen molar-refractivity contribution in [3.63, 3.8) is 0 Å². The number of fused-ring (bicyclic) bond motifs is 1. The summed E-state index contributed by atoms with van der Waals surface area (Å²) in [7, 11) is 0. The van der Waals surface area contributed by atoms with Crippen LogP contribution in [0.25, 0.3) is 22.2 Å². The first kappa shape index (κ1) is 20.8. The van der Waals surface area contributed by atoms with Crippen LogP contribution in [0.5, 0.6) is 0 Å². The number of nitrogens with one attached hydrogen (secondary N) is 1. The summed E-state index contributed by atoms with van der Waals surface area (Å²) in [5, 5.41) is 18.4. The highest BCUT2D eigenvalue weighted by atomic mass is 32.1. The summed E-state index contributed by atoms with van der Waals surface area (Å²) in [4.78, 5) is 22.2. The Morgan fingerprint density at radius 2 is 2.00 bits per heavy atom. The molecule has 32 heavy (non-hydrogen) atoms. The molecule has 1 aliphatic rings. The number of aliphatic hydroxyl groups is 1. The largest absolute Gasteiger partial charge is 0.391 e. The first-order valence-corrected chi connectivity index (χ1v) is 12.0. The highest BCUT2D eigenvalue weighted by Crippen LogP contribution is 2.24. The van der Waals surface area contributed by atoms with Gasteiger partial charge in [0.1, 0.15) is 5.69 Å². The molecule has 1 amide bonds. The van der Waals surface area contributed by atoms with E-state index < -0.39 is 6.10 Å². The van der Waals surface area contributed by atoms with Crippen molar-refractivity contribution in [1.29, 1.82) is 0 Å². The number of thiophene rings is 1. The fraction of sp³-hybridized carbons (Fsp3) is 0.269. The fourth-order valence-electron chi connectivity index (χ4n) is 4.36. The van der Waals surface area contributed by atoms with Gasteiger partial charge in [0.15, 0.2) is 0 Å². The maximum atomic E-state index is 13.0. The molecule has 6 heteroatoms. The molecule has 2 N–H and O–H groups in total. The molecular weight excluding hydrogens is 418 g/mol. The number of benzene rings is 1. The van der Waals surface area contributed by atoms with Gasteiger partial charge < -0.3 is 10.4 Å². The number of rotatable bonds is 5. The number of hydrogen-bond donors (Lipinski definition) is 2. The molecule has 3 aromatic heterocycles. The Labute approximate surface area is 191 Å². The molecule has 1 saturated carbocycles. The minimum absolute atomic E-state index is 0.207. The average Bonchev–Trinajstić information content (AvgIpc) is 3.36. The lowest BCUT2D eigenvalue weighted by atomic mass is 9.92. The number of para-hydroxylation sites is 1. The summed E-state index contributed by atoms with van der Waals surface area (Å²) in [6.45, 7) is 0. The highest BCUT2D eigenvalue weighted by molar-refractivity contribution is 7.08. The zero-order valence-electron chi connectivity index (χ0n) is 17.7. The number of pyridine rings is 2. The zero-order valence-corrected chi connectivity index (χ0v) is 18.5.